The Labute approximate surface area is 112 Å². The quantitative estimate of drug-likeness (QED) is 0.557. The van der Waals surface area contributed by atoms with E-state index in [1.165, 1.54) is 12.1 Å². The molecule has 0 spiro atoms. The Kier molecular flexibility index (Phi) is 5.81. The molecule has 19 heavy (non-hydrogen) atoms. The van der Waals surface area contributed by atoms with Gasteiger partial charge >= 0.3 is 0 Å². The average Bonchev–Trinajstić information content (AvgIpc) is 2.39. The molecule has 1 aromatic rings. The first-order chi connectivity index (χ1) is 9.02. The van der Waals surface area contributed by atoms with Crippen LogP contribution < -0.4 is 16.4 Å². The average molecular weight is 265 g/mol. The van der Waals surface area contributed by atoms with E-state index in [1.807, 2.05) is 0 Å². The van der Waals surface area contributed by atoms with Crippen LogP contribution >= 0.6 is 0 Å². The van der Waals surface area contributed by atoms with Crippen LogP contribution in [0.5, 0.6) is 5.75 Å². The molecule has 0 aliphatic rings. The van der Waals surface area contributed by atoms with Crippen LogP contribution in [0.25, 0.3) is 0 Å². The highest BCUT2D eigenvalue weighted by Crippen LogP contribution is 2.10. The summed E-state index contributed by atoms with van der Waals surface area (Å²) in [6, 6.07) is 5.75. The summed E-state index contributed by atoms with van der Waals surface area (Å²) in [6.45, 7) is 2.25. The van der Waals surface area contributed by atoms with Gasteiger partial charge in [0.15, 0.2) is 0 Å². The molecule has 104 valence electrons. The van der Waals surface area contributed by atoms with Gasteiger partial charge in [0.2, 0.25) is 11.8 Å². The van der Waals surface area contributed by atoms with Crippen LogP contribution in [0.3, 0.4) is 0 Å². The first kappa shape index (κ1) is 15.0. The highest BCUT2D eigenvalue weighted by atomic mass is 16.3. The molecule has 1 rings (SSSR count). The van der Waals surface area contributed by atoms with E-state index < -0.39 is 6.04 Å². The maximum Gasteiger partial charge on any atom is 0.239 e. The number of phenols is 1. The fourth-order valence-electron chi connectivity index (χ4n) is 1.54. The molecule has 1 atom stereocenters. The van der Waals surface area contributed by atoms with Crippen LogP contribution in [-0.2, 0) is 16.0 Å². The summed E-state index contributed by atoms with van der Waals surface area (Å²) < 4.78 is 0. The highest BCUT2D eigenvalue weighted by molar-refractivity contribution is 5.87. The normalized spacial score (nSPS) is 11.7. The summed E-state index contributed by atoms with van der Waals surface area (Å²) in [5, 5.41) is 14.2. The number of phenolic OH excluding ortho intramolecular Hbond substituents is 1. The minimum atomic E-state index is -0.723. The molecule has 5 N–H and O–H groups in total. The van der Waals surface area contributed by atoms with Crippen molar-refractivity contribution >= 4 is 11.8 Å². The molecule has 6 nitrogen and oxygen atoms in total. The third-order valence-electron chi connectivity index (χ3n) is 2.53. The number of aromatic hydroxyl groups is 1. The second-order valence-corrected chi connectivity index (χ2v) is 4.15. The first-order valence-electron chi connectivity index (χ1n) is 6.10. The van der Waals surface area contributed by atoms with Gasteiger partial charge in [-0.3, -0.25) is 9.59 Å². The van der Waals surface area contributed by atoms with E-state index in [4.69, 9.17) is 10.8 Å². The SMILES string of the molecule is CCNC(=O)CNC(=O)[C@@H](N)Cc1ccc(O)cc1. The van der Waals surface area contributed by atoms with Gasteiger partial charge in [0.05, 0.1) is 12.6 Å². The second-order valence-electron chi connectivity index (χ2n) is 4.15. The Morgan fingerprint density at radius 3 is 2.47 bits per heavy atom. The molecule has 2 amide bonds. The summed E-state index contributed by atoms with van der Waals surface area (Å²) in [7, 11) is 0. The Bertz CT molecular complexity index is 431. The van der Waals surface area contributed by atoms with E-state index in [0.717, 1.165) is 5.56 Å². The molecule has 0 saturated heterocycles. The molecule has 0 aliphatic carbocycles. The smallest absolute Gasteiger partial charge is 0.239 e. The van der Waals surface area contributed by atoms with Crippen molar-refractivity contribution in [1.82, 2.24) is 10.6 Å². The molecule has 6 heteroatoms. The molecule has 0 heterocycles. The lowest BCUT2D eigenvalue weighted by molar-refractivity contribution is -0.126. The van der Waals surface area contributed by atoms with Crippen LogP contribution in [0.4, 0.5) is 0 Å². The lowest BCUT2D eigenvalue weighted by atomic mass is 10.1. The number of hydrogen-bond donors (Lipinski definition) is 4. The minimum Gasteiger partial charge on any atom is -0.508 e. The number of benzene rings is 1. The fraction of sp³-hybridized carbons (Fsp3) is 0.385. The Morgan fingerprint density at radius 1 is 1.26 bits per heavy atom. The lowest BCUT2D eigenvalue weighted by Gasteiger charge is -2.12. The number of nitrogens with one attached hydrogen (secondary N) is 2. The summed E-state index contributed by atoms with van der Waals surface area (Å²) >= 11 is 0. The van der Waals surface area contributed by atoms with Gasteiger partial charge in [0, 0.05) is 6.54 Å². The molecule has 0 fully saturated rings. The second kappa shape index (κ2) is 7.38. The number of nitrogens with two attached hydrogens (primary N) is 1. The number of carbonyl (C=O) groups is 2. The predicted octanol–water partition coefficient (Wildman–Crippen LogP) is -0.486. The van der Waals surface area contributed by atoms with Gasteiger partial charge in [0.1, 0.15) is 5.75 Å². The molecular weight excluding hydrogens is 246 g/mol. The summed E-state index contributed by atoms with van der Waals surface area (Å²) in [5.74, 6) is -0.454. The van der Waals surface area contributed by atoms with Crippen molar-refractivity contribution in [1.29, 1.82) is 0 Å². The van der Waals surface area contributed by atoms with Gasteiger partial charge in [-0.05, 0) is 31.0 Å². The maximum atomic E-state index is 11.7. The summed E-state index contributed by atoms with van der Waals surface area (Å²) in [6.07, 6.45) is 0.349. The number of amides is 2. The van der Waals surface area contributed by atoms with Crippen LogP contribution in [0.2, 0.25) is 0 Å². The van der Waals surface area contributed by atoms with Crippen LogP contribution in [0.15, 0.2) is 24.3 Å². The Balaban J connectivity index is 2.40. The Hall–Kier alpha value is -2.08. The van der Waals surface area contributed by atoms with Crippen LogP contribution in [0.1, 0.15) is 12.5 Å². The van der Waals surface area contributed by atoms with Gasteiger partial charge in [-0.1, -0.05) is 12.1 Å². The maximum absolute atomic E-state index is 11.7. The van der Waals surface area contributed by atoms with Crippen molar-refractivity contribution in [3.8, 4) is 5.75 Å². The van der Waals surface area contributed by atoms with Crippen LogP contribution in [0, 0.1) is 0 Å². The third kappa shape index (κ3) is 5.39. The number of likely N-dealkylation sites (N-methyl/N-ethyl adjacent to an activating group) is 1. The zero-order valence-electron chi connectivity index (χ0n) is 10.8. The fourth-order valence-corrected chi connectivity index (χ4v) is 1.54. The number of rotatable bonds is 6. The standard InChI is InChI=1S/C13H19N3O3/c1-2-15-12(18)8-16-13(19)11(14)7-9-3-5-10(17)6-4-9/h3-6,11,17H,2,7-8,14H2,1H3,(H,15,18)(H,16,19)/t11-/m0/s1. The van der Waals surface area contributed by atoms with Crippen molar-refractivity contribution in [3.63, 3.8) is 0 Å². The molecule has 0 saturated carbocycles. The van der Waals surface area contributed by atoms with Gasteiger partial charge in [-0.25, -0.2) is 0 Å². The zero-order valence-corrected chi connectivity index (χ0v) is 10.8. The number of hydrogen-bond acceptors (Lipinski definition) is 4. The molecule has 1 aromatic carbocycles. The molecular formula is C13H19N3O3. The van der Waals surface area contributed by atoms with E-state index >= 15 is 0 Å². The van der Waals surface area contributed by atoms with Crippen LogP contribution in [-0.4, -0.2) is 36.1 Å². The van der Waals surface area contributed by atoms with E-state index in [9.17, 15) is 9.59 Å². The van der Waals surface area contributed by atoms with Crippen molar-refractivity contribution in [3.05, 3.63) is 29.8 Å². The van der Waals surface area contributed by atoms with E-state index in [-0.39, 0.29) is 24.1 Å². The van der Waals surface area contributed by atoms with Gasteiger partial charge in [-0.15, -0.1) is 0 Å². The molecule has 0 radical (unpaired) electrons. The summed E-state index contributed by atoms with van der Waals surface area (Å²) in [5.41, 5.74) is 6.59. The van der Waals surface area contributed by atoms with E-state index in [0.29, 0.717) is 13.0 Å². The monoisotopic (exact) mass is 265 g/mol. The molecule has 0 aliphatic heterocycles. The van der Waals surface area contributed by atoms with Gasteiger partial charge in [0.25, 0.3) is 0 Å². The predicted molar refractivity (Wildman–Crippen MR) is 71.5 cm³/mol. The molecule has 0 aromatic heterocycles. The van der Waals surface area contributed by atoms with E-state index in [2.05, 4.69) is 10.6 Å². The Morgan fingerprint density at radius 2 is 1.89 bits per heavy atom. The molecule has 0 unspecified atom stereocenters. The minimum absolute atomic E-state index is 0.0735. The van der Waals surface area contributed by atoms with Gasteiger partial charge in [-0.2, -0.15) is 0 Å². The highest BCUT2D eigenvalue weighted by Gasteiger charge is 2.14. The largest absolute Gasteiger partial charge is 0.508 e. The topological polar surface area (TPSA) is 104 Å². The van der Waals surface area contributed by atoms with Crippen molar-refractivity contribution in [2.45, 2.75) is 19.4 Å². The van der Waals surface area contributed by atoms with Gasteiger partial charge < -0.3 is 21.5 Å². The first-order valence-corrected chi connectivity index (χ1v) is 6.10. The third-order valence-corrected chi connectivity index (χ3v) is 2.53. The lowest BCUT2D eigenvalue weighted by Crippen LogP contribution is -2.45. The molecule has 0 bridgehead atoms. The van der Waals surface area contributed by atoms with Crippen molar-refractivity contribution in [2.75, 3.05) is 13.1 Å². The number of carbonyl (C=O) groups excluding carboxylic acids is 2. The van der Waals surface area contributed by atoms with Crippen molar-refractivity contribution < 1.29 is 14.7 Å². The summed E-state index contributed by atoms with van der Waals surface area (Å²) in [4.78, 5) is 22.8. The zero-order chi connectivity index (χ0) is 14.3. The van der Waals surface area contributed by atoms with E-state index in [1.54, 1.807) is 19.1 Å². The van der Waals surface area contributed by atoms with Crippen molar-refractivity contribution in [2.24, 2.45) is 5.73 Å².